The minimum Gasteiger partial charge on any atom is -0.394 e. The van der Waals surface area contributed by atoms with E-state index >= 15 is 0 Å². The van der Waals surface area contributed by atoms with Gasteiger partial charge in [0.25, 0.3) is 0 Å². The summed E-state index contributed by atoms with van der Waals surface area (Å²) >= 11 is 5.47. The number of hydrogen-bond donors (Lipinski definition) is 3. The van der Waals surface area contributed by atoms with E-state index < -0.39 is 24.5 Å². The Morgan fingerprint density at radius 3 is 2.67 bits per heavy atom. The second-order valence-electron chi connectivity index (χ2n) is 5.35. The van der Waals surface area contributed by atoms with Crippen molar-refractivity contribution in [2.24, 2.45) is 0 Å². The minimum absolute atomic E-state index is 0.352. The monoisotopic (exact) mass is 307 g/mol. The molecule has 0 radical (unpaired) electrons. The third-order valence-electron chi connectivity index (χ3n) is 3.88. The van der Waals surface area contributed by atoms with Gasteiger partial charge in [-0.25, -0.2) is 0 Å². The molecule has 3 rings (SSSR count). The number of rotatable bonds is 2. The Kier molecular flexibility index (Phi) is 3.81. The molecule has 6 heteroatoms. The number of aliphatic hydroxyl groups excluding tert-OH is 3. The summed E-state index contributed by atoms with van der Waals surface area (Å²) in [7, 11) is 0. The van der Waals surface area contributed by atoms with Crippen molar-refractivity contribution in [1.29, 1.82) is 0 Å². The van der Waals surface area contributed by atoms with Crippen LogP contribution in [0.25, 0.3) is 10.8 Å². The Hall–Kier alpha value is -1.31. The van der Waals surface area contributed by atoms with Gasteiger partial charge in [0.1, 0.15) is 23.0 Å². The summed E-state index contributed by atoms with van der Waals surface area (Å²) in [6.07, 6.45) is -2.12. The molecule has 1 saturated heterocycles. The van der Waals surface area contributed by atoms with Crippen LogP contribution in [0.3, 0.4) is 0 Å². The molecule has 0 aliphatic carbocycles. The Morgan fingerprint density at radius 2 is 2.00 bits per heavy atom. The van der Waals surface area contributed by atoms with Crippen LogP contribution in [0.15, 0.2) is 30.5 Å². The molecule has 5 nitrogen and oxygen atoms in total. The molecule has 1 unspecified atom stereocenters. The SMILES string of the molecule is Cc1ccc2c(=S)n([C@@H]3O[C@H](CO)[C@H](O)C3O)ccc2c1. The van der Waals surface area contributed by atoms with Crippen LogP contribution in [-0.2, 0) is 4.74 Å². The highest BCUT2D eigenvalue weighted by atomic mass is 32.1. The number of hydrogen-bond acceptors (Lipinski definition) is 5. The van der Waals surface area contributed by atoms with Crippen LogP contribution in [0.4, 0.5) is 0 Å². The molecule has 1 fully saturated rings. The van der Waals surface area contributed by atoms with Crippen LogP contribution in [0.2, 0.25) is 0 Å². The first-order chi connectivity index (χ1) is 10.0. The summed E-state index contributed by atoms with van der Waals surface area (Å²) in [5.41, 5.74) is 1.14. The first kappa shape index (κ1) is 14.6. The third kappa shape index (κ3) is 2.39. The topological polar surface area (TPSA) is 74.9 Å². The maximum absolute atomic E-state index is 10.1. The maximum Gasteiger partial charge on any atom is 0.163 e. The molecule has 2 aromatic rings. The molecule has 21 heavy (non-hydrogen) atoms. The highest BCUT2D eigenvalue weighted by Gasteiger charge is 2.43. The van der Waals surface area contributed by atoms with Gasteiger partial charge in [-0.2, -0.15) is 0 Å². The van der Waals surface area contributed by atoms with Crippen LogP contribution in [0.1, 0.15) is 11.8 Å². The van der Waals surface area contributed by atoms with Crippen molar-refractivity contribution in [3.05, 3.63) is 40.7 Å². The van der Waals surface area contributed by atoms with E-state index in [-0.39, 0.29) is 6.61 Å². The fraction of sp³-hybridized carbons (Fsp3) is 0.400. The van der Waals surface area contributed by atoms with Crippen LogP contribution in [0.5, 0.6) is 0 Å². The first-order valence-corrected chi connectivity index (χ1v) is 7.17. The molecule has 1 aliphatic rings. The molecule has 0 amide bonds. The normalized spacial score (nSPS) is 29.1. The Labute approximate surface area is 127 Å². The number of pyridine rings is 1. The smallest absolute Gasteiger partial charge is 0.163 e. The molecule has 4 atom stereocenters. The Morgan fingerprint density at radius 1 is 1.24 bits per heavy atom. The van der Waals surface area contributed by atoms with Crippen LogP contribution >= 0.6 is 12.2 Å². The standard InChI is InChI=1S/C15H17NO4S/c1-8-2-3-10-9(6-8)4-5-16(15(10)21)14-13(19)12(18)11(7-17)20-14/h2-6,11-14,17-19H,7H2,1H3/t11-,12+,13?,14-/m1/s1. The fourth-order valence-corrected chi connectivity index (χ4v) is 3.04. The van der Waals surface area contributed by atoms with E-state index in [1.54, 1.807) is 10.8 Å². The van der Waals surface area contributed by atoms with E-state index in [4.69, 9.17) is 22.1 Å². The molecule has 112 valence electrons. The molecule has 1 aromatic heterocycles. The number of fused-ring (bicyclic) bond motifs is 1. The summed E-state index contributed by atoms with van der Waals surface area (Å²) in [6, 6.07) is 7.84. The lowest BCUT2D eigenvalue weighted by Crippen LogP contribution is -2.33. The summed E-state index contributed by atoms with van der Waals surface area (Å²) in [6.45, 7) is 1.66. The van der Waals surface area contributed by atoms with Gasteiger partial charge < -0.3 is 24.6 Å². The van der Waals surface area contributed by atoms with Gasteiger partial charge in [0.2, 0.25) is 0 Å². The Balaban J connectivity index is 2.08. The zero-order valence-corrected chi connectivity index (χ0v) is 12.3. The van der Waals surface area contributed by atoms with Crippen molar-refractivity contribution in [3.8, 4) is 0 Å². The zero-order chi connectivity index (χ0) is 15.1. The molecule has 0 saturated carbocycles. The van der Waals surface area contributed by atoms with E-state index in [0.717, 1.165) is 16.3 Å². The summed E-state index contributed by atoms with van der Waals surface area (Å²) < 4.78 is 7.67. The molecule has 1 aromatic carbocycles. The van der Waals surface area contributed by atoms with E-state index in [1.807, 2.05) is 31.2 Å². The number of ether oxygens (including phenoxy) is 1. The van der Waals surface area contributed by atoms with Gasteiger partial charge in [0.05, 0.1) is 6.61 Å². The molecule has 3 N–H and O–H groups in total. The van der Waals surface area contributed by atoms with Crippen molar-refractivity contribution in [2.75, 3.05) is 6.61 Å². The predicted octanol–water partition coefficient (Wildman–Crippen LogP) is 1.29. The van der Waals surface area contributed by atoms with E-state index in [1.165, 1.54) is 0 Å². The number of benzene rings is 1. The molecule has 0 spiro atoms. The van der Waals surface area contributed by atoms with E-state index in [0.29, 0.717) is 4.64 Å². The first-order valence-electron chi connectivity index (χ1n) is 6.77. The van der Waals surface area contributed by atoms with E-state index in [2.05, 4.69) is 0 Å². The zero-order valence-electron chi connectivity index (χ0n) is 11.5. The highest BCUT2D eigenvalue weighted by Crippen LogP contribution is 2.31. The fourth-order valence-electron chi connectivity index (χ4n) is 2.69. The van der Waals surface area contributed by atoms with Gasteiger partial charge in [-0.3, -0.25) is 0 Å². The van der Waals surface area contributed by atoms with Crippen LogP contribution in [-0.4, -0.2) is 44.8 Å². The van der Waals surface area contributed by atoms with Gasteiger partial charge in [-0.1, -0.05) is 36.0 Å². The number of aliphatic hydroxyl groups is 3. The number of aromatic nitrogens is 1. The summed E-state index contributed by atoms with van der Waals surface area (Å²) in [4.78, 5) is 0. The van der Waals surface area contributed by atoms with Gasteiger partial charge in [0, 0.05) is 11.6 Å². The van der Waals surface area contributed by atoms with Crippen molar-refractivity contribution >= 4 is 23.0 Å². The van der Waals surface area contributed by atoms with Gasteiger partial charge >= 0.3 is 0 Å². The van der Waals surface area contributed by atoms with Gasteiger partial charge in [0.15, 0.2) is 6.23 Å². The average molecular weight is 307 g/mol. The molecule has 0 bridgehead atoms. The second kappa shape index (κ2) is 5.47. The van der Waals surface area contributed by atoms with Crippen molar-refractivity contribution in [2.45, 2.75) is 31.5 Å². The van der Waals surface area contributed by atoms with Crippen molar-refractivity contribution in [3.63, 3.8) is 0 Å². The minimum atomic E-state index is -1.13. The lowest BCUT2D eigenvalue weighted by Gasteiger charge is -2.19. The van der Waals surface area contributed by atoms with Crippen LogP contribution in [0, 0.1) is 11.6 Å². The van der Waals surface area contributed by atoms with Crippen LogP contribution < -0.4 is 0 Å². The number of aryl methyl sites for hydroxylation is 1. The van der Waals surface area contributed by atoms with Crippen molar-refractivity contribution in [1.82, 2.24) is 4.57 Å². The molecular weight excluding hydrogens is 290 g/mol. The highest BCUT2D eigenvalue weighted by molar-refractivity contribution is 7.71. The largest absolute Gasteiger partial charge is 0.394 e. The third-order valence-corrected chi connectivity index (χ3v) is 4.31. The van der Waals surface area contributed by atoms with Gasteiger partial charge in [-0.05, 0) is 18.4 Å². The van der Waals surface area contributed by atoms with E-state index in [9.17, 15) is 10.2 Å². The lowest BCUT2D eigenvalue weighted by atomic mass is 10.1. The van der Waals surface area contributed by atoms with Crippen molar-refractivity contribution < 1.29 is 20.1 Å². The summed E-state index contributed by atoms with van der Waals surface area (Å²) in [5, 5.41) is 31.0. The summed E-state index contributed by atoms with van der Waals surface area (Å²) in [5.74, 6) is 0. The number of nitrogens with zero attached hydrogens (tertiary/aromatic N) is 1. The average Bonchev–Trinajstić information content (AvgIpc) is 2.75. The quantitative estimate of drug-likeness (QED) is 0.729. The molecular formula is C15H17NO4S. The lowest BCUT2D eigenvalue weighted by molar-refractivity contribution is -0.0533. The molecule has 1 aliphatic heterocycles. The second-order valence-corrected chi connectivity index (χ2v) is 5.73. The predicted molar refractivity (Wildman–Crippen MR) is 80.5 cm³/mol. The van der Waals surface area contributed by atoms with Gasteiger partial charge in [-0.15, -0.1) is 0 Å². The maximum atomic E-state index is 10.1. The Bertz CT molecular complexity index is 729. The molecule has 2 heterocycles.